The Morgan fingerprint density at radius 2 is 1.86 bits per heavy atom. The zero-order valence-electron chi connectivity index (χ0n) is 11.9. The van der Waals surface area contributed by atoms with Crippen LogP contribution in [-0.4, -0.2) is 27.8 Å². The number of carbonyl (C=O) groups is 1. The van der Waals surface area contributed by atoms with Gasteiger partial charge in [0.1, 0.15) is 5.75 Å². The third kappa shape index (κ3) is 3.85. The molecule has 0 bridgehead atoms. The van der Waals surface area contributed by atoms with Crippen LogP contribution >= 0.6 is 15.9 Å². The number of aromatic hydroxyl groups is 1. The van der Waals surface area contributed by atoms with Gasteiger partial charge in [-0.1, -0.05) is 58.4 Å². The Bertz CT molecular complexity index is 613. The van der Waals surface area contributed by atoms with E-state index in [1.165, 1.54) is 0 Å². The second-order valence-corrected chi connectivity index (χ2v) is 5.67. The van der Waals surface area contributed by atoms with Crippen molar-refractivity contribution in [3.63, 3.8) is 0 Å². The molecule has 0 fully saturated rings. The monoisotopic (exact) mass is 347 g/mol. The third-order valence-corrected chi connectivity index (χ3v) is 3.68. The van der Waals surface area contributed by atoms with Gasteiger partial charge in [0.25, 0.3) is 5.91 Å². The first-order valence-electron chi connectivity index (χ1n) is 6.81. The number of phenolic OH excluding ortho intramolecular Hbond substituents is 1. The summed E-state index contributed by atoms with van der Waals surface area (Å²) in [6.07, 6.45) is 0. The first-order chi connectivity index (χ1) is 10.1. The van der Waals surface area contributed by atoms with Crippen LogP contribution in [0.2, 0.25) is 0 Å². The largest absolute Gasteiger partial charge is 0.507 e. The summed E-state index contributed by atoms with van der Waals surface area (Å²) in [5, 5.41) is 10.8. The predicted molar refractivity (Wildman–Crippen MR) is 87.8 cm³/mol. The average molecular weight is 348 g/mol. The van der Waals surface area contributed by atoms with Crippen LogP contribution in [0.25, 0.3) is 0 Å². The number of alkyl halides is 1. The van der Waals surface area contributed by atoms with Gasteiger partial charge in [0.15, 0.2) is 0 Å². The molecule has 0 saturated heterocycles. The van der Waals surface area contributed by atoms with E-state index >= 15 is 0 Å². The third-order valence-electron chi connectivity index (χ3n) is 3.33. The molecule has 0 spiro atoms. The van der Waals surface area contributed by atoms with Crippen LogP contribution in [-0.2, 0) is 6.54 Å². The van der Waals surface area contributed by atoms with Crippen LogP contribution in [0.1, 0.15) is 21.5 Å². The number of nitrogens with zero attached hydrogens (tertiary/aromatic N) is 1. The maximum atomic E-state index is 12.7. The molecule has 3 nitrogen and oxygen atoms in total. The lowest BCUT2D eigenvalue weighted by Crippen LogP contribution is -2.32. The summed E-state index contributed by atoms with van der Waals surface area (Å²) < 4.78 is 0. The Morgan fingerprint density at radius 3 is 2.52 bits per heavy atom. The summed E-state index contributed by atoms with van der Waals surface area (Å²) in [5.41, 5.74) is 2.13. The fourth-order valence-corrected chi connectivity index (χ4v) is 2.59. The lowest BCUT2D eigenvalue weighted by Gasteiger charge is -2.22. The quantitative estimate of drug-likeness (QED) is 0.837. The lowest BCUT2D eigenvalue weighted by molar-refractivity contribution is 0.0751. The smallest absolute Gasteiger partial charge is 0.257 e. The van der Waals surface area contributed by atoms with Gasteiger partial charge >= 0.3 is 0 Å². The molecular weight excluding hydrogens is 330 g/mol. The predicted octanol–water partition coefficient (Wildman–Crippen LogP) is 3.74. The van der Waals surface area contributed by atoms with Crippen molar-refractivity contribution in [2.75, 3.05) is 11.9 Å². The number of rotatable bonds is 5. The maximum absolute atomic E-state index is 12.7. The van der Waals surface area contributed by atoms with E-state index < -0.39 is 0 Å². The van der Waals surface area contributed by atoms with Crippen molar-refractivity contribution in [3.8, 4) is 5.75 Å². The van der Waals surface area contributed by atoms with E-state index in [1.807, 2.05) is 30.3 Å². The second kappa shape index (κ2) is 7.27. The normalized spacial score (nSPS) is 10.4. The number of hydrogen-bond acceptors (Lipinski definition) is 2. The van der Waals surface area contributed by atoms with Crippen LogP contribution in [0.4, 0.5) is 0 Å². The molecule has 21 heavy (non-hydrogen) atoms. The standard InChI is InChI=1S/C17H18BrNO2/c1-13-6-5-9-15(16(13)20)17(21)19(11-10-18)12-14-7-3-2-4-8-14/h2-9,20H,10-12H2,1H3. The van der Waals surface area contributed by atoms with Crippen molar-refractivity contribution < 1.29 is 9.90 Å². The van der Waals surface area contributed by atoms with E-state index in [0.29, 0.717) is 29.5 Å². The maximum Gasteiger partial charge on any atom is 0.257 e. The number of carbonyl (C=O) groups excluding carboxylic acids is 1. The summed E-state index contributed by atoms with van der Waals surface area (Å²) >= 11 is 3.38. The van der Waals surface area contributed by atoms with E-state index in [1.54, 1.807) is 30.0 Å². The van der Waals surface area contributed by atoms with Crippen molar-refractivity contribution in [1.29, 1.82) is 0 Å². The summed E-state index contributed by atoms with van der Waals surface area (Å²) in [7, 11) is 0. The molecule has 4 heteroatoms. The van der Waals surface area contributed by atoms with Crippen molar-refractivity contribution >= 4 is 21.8 Å². The van der Waals surface area contributed by atoms with Crippen molar-refractivity contribution in [2.45, 2.75) is 13.5 Å². The molecule has 0 atom stereocenters. The average Bonchev–Trinajstić information content (AvgIpc) is 2.50. The molecule has 110 valence electrons. The van der Waals surface area contributed by atoms with Gasteiger partial charge in [-0.25, -0.2) is 0 Å². The highest BCUT2D eigenvalue weighted by molar-refractivity contribution is 9.09. The molecule has 2 rings (SSSR count). The van der Waals surface area contributed by atoms with Gasteiger partial charge in [0.05, 0.1) is 5.56 Å². The molecule has 0 aliphatic rings. The molecule has 0 saturated carbocycles. The second-order valence-electron chi connectivity index (χ2n) is 4.87. The van der Waals surface area contributed by atoms with Gasteiger partial charge in [-0.3, -0.25) is 4.79 Å². The molecule has 0 radical (unpaired) electrons. The molecule has 0 aromatic heterocycles. The molecule has 1 N–H and O–H groups in total. The minimum Gasteiger partial charge on any atom is -0.507 e. The fraction of sp³-hybridized carbons (Fsp3) is 0.235. The van der Waals surface area contributed by atoms with Gasteiger partial charge in [-0.05, 0) is 24.1 Å². The summed E-state index contributed by atoms with van der Waals surface area (Å²) in [4.78, 5) is 14.4. The first-order valence-corrected chi connectivity index (χ1v) is 7.93. The number of amides is 1. The molecule has 0 heterocycles. The summed E-state index contributed by atoms with van der Waals surface area (Å²) in [5.74, 6) is -0.0883. The molecular formula is C17H18BrNO2. The van der Waals surface area contributed by atoms with Crippen molar-refractivity contribution in [1.82, 2.24) is 4.90 Å². The number of hydrogen-bond donors (Lipinski definition) is 1. The Labute approximate surface area is 133 Å². The SMILES string of the molecule is Cc1cccc(C(=O)N(CCBr)Cc2ccccc2)c1O. The van der Waals surface area contributed by atoms with Gasteiger partial charge in [-0.2, -0.15) is 0 Å². The number of para-hydroxylation sites is 1. The number of aryl methyl sites for hydroxylation is 1. The molecule has 0 aliphatic carbocycles. The van der Waals surface area contributed by atoms with Gasteiger partial charge in [-0.15, -0.1) is 0 Å². The van der Waals surface area contributed by atoms with Crippen LogP contribution in [0.15, 0.2) is 48.5 Å². The Kier molecular flexibility index (Phi) is 5.39. The minimum absolute atomic E-state index is 0.0649. The molecule has 0 unspecified atom stereocenters. The number of halogens is 1. The summed E-state index contributed by atoms with van der Waals surface area (Å²) in [6.45, 7) is 2.90. The Balaban J connectivity index is 2.25. The van der Waals surface area contributed by atoms with E-state index in [0.717, 1.165) is 5.56 Å². The van der Waals surface area contributed by atoms with E-state index in [9.17, 15) is 9.90 Å². The van der Waals surface area contributed by atoms with Gasteiger partial charge in [0.2, 0.25) is 0 Å². The fourth-order valence-electron chi connectivity index (χ4n) is 2.16. The van der Waals surface area contributed by atoms with Crippen LogP contribution in [0.5, 0.6) is 5.75 Å². The van der Waals surface area contributed by atoms with E-state index in [-0.39, 0.29) is 11.7 Å². The highest BCUT2D eigenvalue weighted by Gasteiger charge is 2.19. The van der Waals surface area contributed by atoms with Crippen LogP contribution < -0.4 is 0 Å². The highest BCUT2D eigenvalue weighted by atomic mass is 79.9. The Hall–Kier alpha value is -1.81. The minimum atomic E-state index is -0.153. The molecule has 0 aliphatic heterocycles. The zero-order chi connectivity index (χ0) is 15.2. The van der Waals surface area contributed by atoms with Crippen LogP contribution in [0.3, 0.4) is 0 Å². The first kappa shape index (κ1) is 15.6. The van der Waals surface area contributed by atoms with E-state index in [2.05, 4.69) is 15.9 Å². The Morgan fingerprint density at radius 1 is 1.14 bits per heavy atom. The highest BCUT2D eigenvalue weighted by Crippen LogP contribution is 2.23. The topological polar surface area (TPSA) is 40.5 Å². The molecule has 1 amide bonds. The summed E-state index contributed by atoms with van der Waals surface area (Å²) in [6, 6.07) is 15.1. The van der Waals surface area contributed by atoms with E-state index in [4.69, 9.17) is 0 Å². The van der Waals surface area contributed by atoms with Crippen molar-refractivity contribution in [3.05, 3.63) is 65.2 Å². The van der Waals surface area contributed by atoms with Crippen LogP contribution in [0, 0.1) is 6.92 Å². The zero-order valence-corrected chi connectivity index (χ0v) is 13.5. The number of benzene rings is 2. The lowest BCUT2D eigenvalue weighted by atomic mass is 10.1. The molecule has 2 aromatic carbocycles. The van der Waals surface area contributed by atoms with Gasteiger partial charge in [0, 0.05) is 18.4 Å². The van der Waals surface area contributed by atoms with Crippen molar-refractivity contribution in [2.24, 2.45) is 0 Å². The number of phenols is 1. The molecule has 2 aromatic rings. The van der Waals surface area contributed by atoms with Gasteiger partial charge < -0.3 is 10.0 Å².